The van der Waals surface area contributed by atoms with Gasteiger partial charge in [0.1, 0.15) is 0 Å². The van der Waals surface area contributed by atoms with Crippen molar-refractivity contribution in [2.75, 3.05) is 13.1 Å². The van der Waals surface area contributed by atoms with Gasteiger partial charge in [0, 0.05) is 19.2 Å². The van der Waals surface area contributed by atoms with Crippen molar-refractivity contribution >= 4 is 5.91 Å². The molecule has 0 atom stereocenters. The fourth-order valence-corrected chi connectivity index (χ4v) is 1.70. The van der Waals surface area contributed by atoms with Crippen LogP contribution in [-0.4, -0.2) is 38.9 Å². The largest absolute Gasteiger partial charge is 0.331 e. The van der Waals surface area contributed by atoms with Gasteiger partial charge in [0.15, 0.2) is 0 Å². The van der Waals surface area contributed by atoms with E-state index in [1.165, 1.54) is 12.8 Å². The molecule has 0 radical (unpaired) electrons. The van der Waals surface area contributed by atoms with Crippen molar-refractivity contribution in [2.45, 2.75) is 25.8 Å². The van der Waals surface area contributed by atoms with Crippen LogP contribution in [0.25, 0.3) is 0 Å². The van der Waals surface area contributed by atoms with E-state index in [1.54, 1.807) is 22.0 Å². The Kier molecular flexibility index (Phi) is 3.76. The number of aromatic nitrogens is 3. The third-order valence-electron chi connectivity index (χ3n) is 2.84. The molecule has 1 aromatic rings. The molecule has 1 fully saturated rings. The molecule has 0 saturated heterocycles. The highest BCUT2D eigenvalue weighted by Crippen LogP contribution is 2.29. The van der Waals surface area contributed by atoms with Crippen LogP contribution in [0.1, 0.15) is 19.3 Å². The number of carbonyl (C=O) groups excluding carboxylic acids is 1. The van der Waals surface area contributed by atoms with Gasteiger partial charge >= 0.3 is 0 Å². The molecule has 90 valence electrons. The number of hydrogen-bond donors (Lipinski definition) is 0. The topological polar surface area (TPSA) is 51.0 Å². The van der Waals surface area contributed by atoms with Gasteiger partial charge in [-0.25, -0.2) is 0 Å². The summed E-state index contributed by atoms with van der Waals surface area (Å²) in [5.41, 5.74) is 0. The van der Waals surface area contributed by atoms with Crippen LogP contribution in [0.15, 0.2) is 12.4 Å². The van der Waals surface area contributed by atoms with Crippen molar-refractivity contribution in [3.05, 3.63) is 12.4 Å². The Bertz CT molecular complexity index is 403. The lowest BCUT2D eigenvalue weighted by Gasteiger charge is -2.19. The molecule has 1 amide bonds. The van der Waals surface area contributed by atoms with Crippen LogP contribution in [0.5, 0.6) is 0 Å². The Morgan fingerprint density at radius 1 is 1.59 bits per heavy atom. The first kappa shape index (κ1) is 11.6. The first-order chi connectivity index (χ1) is 8.29. The maximum absolute atomic E-state index is 12.0. The summed E-state index contributed by atoms with van der Waals surface area (Å²) in [5.74, 6) is 3.31. The van der Waals surface area contributed by atoms with E-state index in [9.17, 15) is 4.79 Å². The molecule has 0 unspecified atom stereocenters. The molecule has 1 aliphatic carbocycles. The normalized spacial score (nSPS) is 14.3. The molecule has 17 heavy (non-hydrogen) atoms. The van der Waals surface area contributed by atoms with Crippen molar-refractivity contribution in [1.29, 1.82) is 0 Å². The second kappa shape index (κ2) is 5.48. The average molecular weight is 232 g/mol. The highest BCUT2D eigenvalue weighted by Gasteiger charge is 2.26. The van der Waals surface area contributed by atoms with E-state index in [-0.39, 0.29) is 5.91 Å². The first-order valence-electron chi connectivity index (χ1n) is 5.85. The number of terminal acetylenes is 1. The zero-order valence-corrected chi connectivity index (χ0v) is 9.75. The molecule has 0 aliphatic heterocycles. The van der Waals surface area contributed by atoms with Crippen LogP contribution in [-0.2, 0) is 11.3 Å². The number of carbonyl (C=O) groups is 1. The molecule has 1 aromatic heterocycles. The first-order valence-corrected chi connectivity index (χ1v) is 5.85. The minimum atomic E-state index is 0.102. The summed E-state index contributed by atoms with van der Waals surface area (Å²) < 4.78 is 1.66. The highest BCUT2D eigenvalue weighted by molar-refractivity contribution is 5.76. The summed E-state index contributed by atoms with van der Waals surface area (Å²) >= 11 is 0. The Hall–Kier alpha value is -1.83. The van der Waals surface area contributed by atoms with E-state index in [4.69, 9.17) is 6.42 Å². The quantitative estimate of drug-likeness (QED) is 0.673. The van der Waals surface area contributed by atoms with E-state index >= 15 is 0 Å². The van der Waals surface area contributed by atoms with E-state index in [2.05, 4.69) is 16.2 Å². The van der Waals surface area contributed by atoms with Gasteiger partial charge in [0.05, 0.1) is 19.3 Å². The Morgan fingerprint density at radius 3 is 3.00 bits per heavy atom. The van der Waals surface area contributed by atoms with Gasteiger partial charge in [-0.15, -0.1) is 11.5 Å². The average Bonchev–Trinajstić information content (AvgIpc) is 2.99. The predicted molar refractivity (Wildman–Crippen MR) is 62.8 cm³/mol. The fourth-order valence-electron chi connectivity index (χ4n) is 1.70. The monoisotopic (exact) mass is 232 g/mol. The molecule has 5 nitrogen and oxygen atoms in total. The fraction of sp³-hybridized carbons (Fsp3) is 0.583. The number of rotatable bonds is 6. The van der Waals surface area contributed by atoms with Crippen LogP contribution in [0.3, 0.4) is 0 Å². The molecule has 5 heteroatoms. The molecule has 2 rings (SSSR count). The summed E-state index contributed by atoms with van der Waals surface area (Å²) in [6.07, 6.45) is 11.5. The Balaban J connectivity index is 1.80. The summed E-state index contributed by atoms with van der Waals surface area (Å²) in [6.45, 7) is 1.78. The molecule has 1 heterocycles. The summed E-state index contributed by atoms with van der Waals surface area (Å²) in [5, 5.41) is 7.52. The van der Waals surface area contributed by atoms with Crippen molar-refractivity contribution in [3.63, 3.8) is 0 Å². The second-order valence-electron chi connectivity index (χ2n) is 4.34. The number of nitrogens with zero attached hydrogens (tertiary/aromatic N) is 4. The minimum Gasteiger partial charge on any atom is -0.331 e. The predicted octanol–water partition coefficient (Wildman–Crippen LogP) is 0.540. The summed E-state index contributed by atoms with van der Waals surface area (Å²) in [6, 6.07) is 0. The Morgan fingerprint density at radius 2 is 2.41 bits per heavy atom. The minimum absolute atomic E-state index is 0.102. The van der Waals surface area contributed by atoms with Gasteiger partial charge in [-0.2, -0.15) is 0 Å². The number of hydrogen-bond acceptors (Lipinski definition) is 3. The summed E-state index contributed by atoms with van der Waals surface area (Å²) in [4.78, 5) is 13.7. The van der Waals surface area contributed by atoms with Gasteiger partial charge in [-0.1, -0.05) is 11.1 Å². The van der Waals surface area contributed by atoms with Crippen molar-refractivity contribution in [2.24, 2.45) is 5.92 Å². The van der Waals surface area contributed by atoms with Crippen LogP contribution >= 0.6 is 0 Å². The molecule has 1 saturated carbocycles. The van der Waals surface area contributed by atoms with Crippen LogP contribution in [0.2, 0.25) is 0 Å². The SMILES string of the molecule is C#CCN(CC1CC1)C(=O)CCn1ccnn1. The molecule has 0 bridgehead atoms. The zero-order chi connectivity index (χ0) is 12.1. The number of aryl methyl sites for hydroxylation is 1. The van der Waals surface area contributed by atoms with Crippen LogP contribution in [0, 0.1) is 18.3 Å². The third-order valence-corrected chi connectivity index (χ3v) is 2.84. The lowest BCUT2D eigenvalue weighted by atomic mass is 10.3. The van der Waals surface area contributed by atoms with E-state index in [0.717, 1.165) is 6.54 Å². The molecule has 1 aliphatic rings. The lowest BCUT2D eigenvalue weighted by Crippen LogP contribution is -2.33. The van der Waals surface area contributed by atoms with Gasteiger partial charge in [0.25, 0.3) is 0 Å². The summed E-state index contributed by atoms with van der Waals surface area (Å²) in [7, 11) is 0. The highest BCUT2D eigenvalue weighted by atomic mass is 16.2. The van der Waals surface area contributed by atoms with Gasteiger partial charge in [-0.3, -0.25) is 9.48 Å². The van der Waals surface area contributed by atoms with Gasteiger partial charge < -0.3 is 4.90 Å². The van der Waals surface area contributed by atoms with Crippen LogP contribution < -0.4 is 0 Å². The maximum atomic E-state index is 12.0. The molecular weight excluding hydrogens is 216 g/mol. The van der Waals surface area contributed by atoms with Crippen molar-refractivity contribution < 1.29 is 4.79 Å². The number of amides is 1. The molecule has 0 N–H and O–H groups in total. The van der Waals surface area contributed by atoms with Crippen molar-refractivity contribution in [3.8, 4) is 12.3 Å². The second-order valence-corrected chi connectivity index (χ2v) is 4.34. The van der Waals surface area contributed by atoms with Gasteiger partial charge in [-0.05, 0) is 18.8 Å². The zero-order valence-electron chi connectivity index (χ0n) is 9.75. The van der Waals surface area contributed by atoms with E-state index < -0.39 is 0 Å². The van der Waals surface area contributed by atoms with E-state index in [0.29, 0.717) is 25.4 Å². The smallest absolute Gasteiger partial charge is 0.225 e. The molecule has 0 aromatic carbocycles. The third kappa shape index (κ3) is 3.59. The van der Waals surface area contributed by atoms with Crippen molar-refractivity contribution in [1.82, 2.24) is 19.9 Å². The molecular formula is C12H16N4O. The molecule has 0 spiro atoms. The van der Waals surface area contributed by atoms with E-state index in [1.807, 2.05) is 0 Å². The van der Waals surface area contributed by atoms with Crippen LogP contribution in [0.4, 0.5) is 0 Å². The standard InChI is InChI=1S/C12H16N4O/c1-2-7-15(10-11-3-4-11)12(17)5-8-16-9-6-13-14-16/h1,6,9,11H,3-5,7-8,10H2. The lowest BCUT2D eigenvalue weighted by molar-refractivity contribution is -0.131. The Labute approximate surface area is 101 Å². The maximum Gasteiger partial charge on any atom is 0.225 e. The van der Waals surface area contributed by atoms with Gasteiger partial charge in [0.2, 0.25) is 5.91 Å².